The third-order valence-electron chi connectivity index (χ3n) is 3.76. The van der Waals surface area contributed by atoms with Gasteiger partial charge in [0, 0.05) is 12.0 Å². The Morgan fingerprint density at radius 3 is 2.87 bits per heavy atom. The summed E-state index contributed by atoms with van der Waals surface area (Å²) in [5.41, 5.74) is 0.689. The van der Waals surface area contributed by atoms with E-state index in [4.69, 9.17) is 9.47 Å². The van der Waals surface area contributed by atoms with Gasteiger partial charge in [-0.15, -0.1) is 0 Å². The molecule has 3 atom stereocenters. The van der Waals surface area contributed by atoms with E-state index in [2.05, 4.69) is 0 Å². The fourth-order valence-corrected chi connectivity index (χ4v) is 3.05. The summed E-state index contributed by atoms with van der Waals surface area (Å²) in [6.45, 7) is 1.79. The molecule has 2 heterocycles. The topological polar surface area (TPSA) is 35.5 Å². The highest BCUT2D eigenvalue weighted by atomic mass is 16.7. The van der Waals surface area contributed by atoms with Crippen LogP contribution in [-0.4, -0.2) is 17.9 Å². The van der Waals surface area contributed by atoms with Crippen molar-refractivity contribution in [3.8, 4) is 0 Å². The van der Waals surface area contributed by atoms with E-state index in [0.29, 0.717) is 17.6 Å². The Bertz CT molecular complexity index is 318. The largest absolute Gasteiger partial charge is 0.426 e. The van der Waals surface area contributed by atoms with Gasteiger partial charge in [0.1, 0.15) is 0 Å². The normalized spacial score (nSPS) is 44.1. The van der Waals surface area contributed by atoms with Crippen LogP contribution in [0.25, 0.3) is 0 Å². The number of ether oxygens (including phenoxy) is 2. The van der Waals surface area contributed by atoms with E-state index >= 15 is 0 Å². The van der Waals surface area contributed by atoms with Crippen molar-refractivity contribution < 1.29 is 14.3 Å². The summed E-state index contributed by atoms with van der Waals surface area (Å²) in [7, 11) is 0. The summed E-state index contributed by atoms with van der Waals surface area (Å²) < 4.78 is 11.3. The quantitative estimate of drug-likeness (QED) is 0.572. The molecule has 2 fully saturated rings. The van der Waals surface area contributed by atoms with Gasteiger partial charge in [-0.25, -0.2) is 4.79 Å². The molecule has 3 aliphatic rings. The lowest BCUT2D eigenvalue weighted by Crippen LogP contribution is -2.28. The maximum atomic E-state index is 11.4. The van der Waals surface area contributed by atoms with Gasteiger partial charge < -0.3 is 9.47 Å². The van der Waals surface area contributed by atoms with Crippen molar-refractivity contribution in [3.63, 3.8) is 0 Å². The monoisotopic (exact) mass is 208 g/mol. The van der Waals surface area contributed by atoms with Gasteiger partial charge in [0.25, 0.3) is 0 Å². The van der Waals surface area contributed by atoms with Gasteiger partial charge in [-0.1, -0.05) is 12.8 Å². The molecule has 1 aliphatic carbocycles. The summed E-state index contributed by atoms with van der Waals surface area (Å²) >= 11 is 0. The molecule has 1 saturated carbocycles. The third kappa shape index (κ3) is 1.41. The van der Waals surface area contributed by atoms with Gasteiger partial charge in [0.2, 0.25) is 5.79 Å². The van der Waals surface area contributed by atoms with Crippen LogP contribution in [0.5, 0.6) is 0 Å². The third-order valence-corrected chi connectivity index (χ3v) is 3.76. The average molecular weight is 208 g/mol. The van der Waals surface area contributed by atoms with Crippen molar-refractivity contribution in [2.45, 2.75) is 50.9 Å². The second kappa shape index (κ2) is 3.08. The fraction of sp³-hybridized carbons (Fsp3) is 0.750. The van der Waals surface area contributed by atoms with Crippen LogP contribution < -0.4 is 0 Å². The van der Waals surface area contributed by atoms with Gasteiger partial charge in [-0.2, -0.15) is 0 Å². The predicted molar refractivity (Wildman–Crippen MR) is 54.0 cm³/mol. The minimum Gasteiger partial charge on any atom is -0.426 e. The van der Waals surface area contributed by atoms with Crippen LogP contribution in [0.1, 0.15) is 39.0 Å². The van der Waals surface area contributed by atoms with Crippen LogP contribution in [-0.2, 0) is 14.3 Å². The van der Waals surface area contributed by atoms with Gasteiger partial charge in [0.15, 0.2) is 0 Å². The number of fused-ring (bicyclic) bond motifs is 1. The lowest BCUT2D eigenvalue weighted by molar-refractivity contribution is -0.193. The molecule has 0 aromatic heterocycles. The number of rotatable bonds is 0. The van der Waals surface area contributed by atoms with Crippen molar-refractivity contribution >= 4 is 5.97 Å². The van der Waals surface area contributed by atoms with Crippen molar-refractivity contribution in [1.29, 1.82) is 0 Å². The SMILES string of the molecule is CC1=CC2(CC3CCCCC3O2)OC1=O. The highest BCUT2D eigenvalue weighted by molar-refractivity contribution is 5.90. The number of esters is 1. The van der Waals surface area contributed by atoms with Gasteiger partial charge >= 0.3 is 5.97 Å². The first-order chi connectivity index (χ1) is 7.19. The standard InChI is InChI=1S/C12H16O3/c1-8-6-12(15-11(8)13)7-9-4-2-3-5-10(9)14-12/h6,9-10H,2-5,7H2,1H3. The second-order valence-electron chi connectivity index (χ2n) is 4.93. The first-order valence-corrected chi connectivity index (χ1v) is 5.79. The predicted octanol–water partition coefficient (Wildman–Crippen LogP) is 2.16. The fourth-order valence-electron chi connectivity index (χ4n) is 3.05. The van der Waals surface area contributed by atoms with E-state index in [1.165, 1.54) is 19.3 Å². The van der Waals surface area contributed by atoms with Crippen LogP contribution in [0.15, 0.2) is 11.6 Å². The molecular weight excluding hydrogens is 192 g/mol. The minimum atomic E-state index is -0.694. The summed E-state index contributed by atoms with van der Waals surface area (Å²) in [4.78, 5) is 11.4. The smallest absolute Gasteiger partial charge is 0.336 e. The van der Waals surface area contributed by atoms with E-state index in [9.17, 15) is 4.79 Å². The molecule has 0 radical (unpaired) electrons. The van der Waals surface area contributed by atoms with Crippen LogP contribution >= 0.6 is 0 Å². The zero-order valence-electron chi connectivity index (χ0n) is 8.99. The molecule has 82 valence electrons. The van der Waals surface area contributed by atoms with E-state index in [1.54, 1.807) is 6.92 Å². The zero-order valence-corrected chi connectivity index (χ0v) is 8.99. The Kier molecular flexibility index (Phi) is 1.93. The summed E-state index contributed by atoms with van der Waals surface area (Å²) in [5, 5.41) is 0. The molecular formula is C12H16O3. The molecule has 0 N–H and O–H groups in total. The molecule has 0 aromatic carbocycles. The Morgan fingerprint density at radius 2 is 2.20 bits per heavy atom. The van der Waals surface area contributed by atoms with Crippen LogP contribution in [0.2, 0.25) is 0 Å². The lowest BCUT2D eigenvalue weighted by atomic mass is 9.85. The molecule has 3 rings (SSSR count). The number of hydrogen-bond acceptors (Lipinski definition) is 3. The molecule has 0 bridgehead atoms. The number of carbonyl (C=O) groups is 1. The van der Waals surface area contributed by atoms with Crippen molar-refractivity contribution in [2.75, 3.05) is 0 Å². The van der Waals surface area contributed by atoms with Crippen LogP contribution in [0, 0.1) is 5.92 Å². The molecule has 0 amide bonds. The molecule has 1 saturated heterocycles. The Morgan fingerprint density at radius 1 is 1.40 bits per heavy atom. The first kappa shape index (κ1) is 9.40. The van der Waals surface area contributed by atoms with E-state index in [0.717, 1.165) is 12.8 Å². The van der Waals surface area contributed by atoms with Crippen LogP contribution in [0.3, 0.4) is 0 Å². The number of carbonyl (C=O) groups excluding carboxylic acids is 1. The van der Waals surface area contributed by atoms with Gasteiger partial charge in [-0.05, 0) is 31.8 Å². The minimum absolute atomic E-state index is 0.214. The second-order valence-corrected chi connectivity index (χ2v) is 4.93. The Hall–Kier alpha value is -0.830. The highest BCUT2D eigenvalue weighted by Gasteiger charge is 2.51. The first-order valence-electron chi connectivity index (χ1n) is 5.79. The van der Waals surface area contributed by atoms with E-state index in [1.807, 2.05) is 6.08 Å². The van der Waals surface area contributed by atoms with Gasteiger partial charge in [-0.3, -0.25) is 0 Å². The molecule has 3 heteroatoms. The van der Waals surface area contributed by atoms with E-state index in [-0.39, 0.29) is 5.97 Å². The van der Waals surface area contributed by atoms with Crippen molar-refractivity contribution in [2.24, 2.45) is 5.92 Å². The summed E-state index contributed by atoms with van der Waals surface area (Å²) in [6, 6.07) is 0. The molecule has 15 heavy (non-hydrogen) atoms. The highest BCUT2D eigenvalue weighted by Crippen LogP contribution is 2.46. The molecule has 0 aromatic rings. The molecule has 2 aliphatic heterocycles. The molecule has 3 unspecified atom stereocenters. The summed E-state index contributed by atoms with van der Waals surface area (Å²) in [6.07, 6.45) is 7.92. The number of hydrogen-bond donors (Lipinski definition) is 0. The van der Waals surface area contributed by atoms with Crippen molar-refractivity contribution in [1.82, 2.24) is 0 Å². The zero-order chi connectivity index (χ0) is 10.5. The summed E-state index contributed by atoms with van der Waals surface area (Å²) in [5.74, 6) is -0.316. The van der Waals surface area contributed by atoms with E-state index < -0.39 is 5.79 Å². The Labute approximate surface area is 89.4 Å². The van der Waals surface area contributed by atoms with Crippen molar-refractivity contribution in [3.05, 3.63) is 11.6 Å². The lowest BCUT2D eigenvalue weighted by Gasteiger charge is -2.23. The maximum Gasteiger partial charge on any atom is 0.336 e. The van der Waals surface area contributed by atoms with Gasteiger partial charge in [0.05, 0.1) is 6.10 Å². The maximum absolute atomic E-state index is 11.4. The molecule has 3 nitrogen and oxygen atoms in total. The average Bonchev–Trinajstić information content (AvgIpc) is 2.66. The van der Waals surface area contributed by atoms with Crippen LogP contribution in [0.4, 0.5) is 0 Å². The molecule has 1 spiro atoms. The Balaban J connectivity index is 1.83.